The van der Waals surface area contributed by atoms with E-state index in [4.69, 9.17) is 5.11 Å². The molecule has 0 radical (unpaired) electrons. The highest BCUT2D eigenvalue weighted by Crippen LogP contribution is 2.13. The van der Waals surface area contributed by atoms with Crippen LogP contribution in [0.2, 0.25) is 0 Å². The molecule has 0 aromatic heterocycles. The lowest BCUT2D eigenvalue weighted by Gasteiger charge is -2.07. The van der Waals surface area contributed by atoms with E-state index in [1.807, 2.05) is 0 Å². The topological polar surface area (TPSA) is 57.6 Å². The standard InChI is InChI=1S/C8H6FNO3/c9-10(7(11)8(12)13)6-4-2-1-3-5-6/h1-5H,(H,12,13). The largest absolute Gasteiger partial charge is 0.474 e. The summed E-state index contributed by atoms with van der Waals surface area (Å²) in [4.78, 5) is 20.7. The monoisotopic (exact) mass is 183 g/mol. The van der Waals surface area contributed by atoms with Gasteiger partial charge in [-0.05, 0) is 12.1 Å². The molecule has 1 N–H and O–H groups in total. The Morgan fingerprint density at radius 1 is 1.23 bits per heavy atom. The predicted octanol–water partition coefficient (Wildman–Crippen LogP) is 0.989. The van der Waals surface area contributed by atoms with Gasteiger partial charge in [-0.25, -0.2) is 4.79 Å². The summed E-state index contributed by atoms with van der Waals surface area (Å²) in [7, 11) is 0. The number of rotatable bonds is 1. The first-order chi connectivity index (χ1) is 6.13. The molecular formula is C8H6FNO3. The van der Waals surface area contributed by atoms with Crippen molar-refractivity contribution >= 4 is 17.6 Å². The molecule has 0 aliphatic rings. The second-order valence-electron chi connectivity index (χ2n) is 2.23. The van der Waals surface area contributed by atoms with Gasteiger partial charge in [-0.2, -0.15) is 0 Å². The lowest BCUT2D eigenvalue weighted by atomic mass is 10.3. The average Bonchev–Trinajstić information content (AvgIpc) is 2.17. The van der Waals surface area contributed by atoms with Crippen molar-refractivity contribution in [2.45, 2.75) is 0 Å². The number of carbonyl (C=O) groups is 2. The van der Waals surface area contributed by atoms with Gasteiger partial charge in [-0.15, -0.1) is 5.12 Å². The number of anilines is 1. The molecule has 1 aromatic carbocycles. The number of hydrogen-bond donors (Lipinski definition) is 1. The second kappa shape index (κ2) is 3.66. The Hall–Kier alpha value is -1.91. The molecule has 0 unspecified atom stereocenters. The number of carbonyl (C=O) groups excluding carboxylic acids is 1. The number of carboxylic acid groups (broad SMARTS) is 1. The van der Waals surface area contributed by atoms with E-state index >= 15 is 0 Å². The van der Waals surface area contributed by atoms with Gasteiger partial charge in [0.15, 0.2) is 0 Å². The smallest absolute Gasteiger partial charge is 0.397 e. The van der Waals surface area contributed by atoms with E-state index in [1.54, 1.807) is 6.07 Å². The zero-order valence-electron chi connectivity index (χ0n) is 6.48. The quantitative estimate of drug-likeness (QED) is 0.521. The summed E-state index contributed by atoms with van der Waals surface area (Å²) in [6, 6.07) is 7.21. The maximum Gasteiger partial charge on any atom is 0.397 e. The molecule has 0 aliphatic carbocycles. The molecule has 0 aliphatic heterocycles. The Kier molecular flexibility index (Phi) is 2.59. The summed E-state index contributed by atoms with van der Waals surface area (Å²) >= 11 is 0. The van der Waals surface area contributed by atoms with Crippen molar-refractivity contribution in [1.29, 1.82) is 0 Å². The molecule has 13 heavy (non-hydrogen) atoms. The van der Waals surface area contributed by atoms with Crippen molar-refractivity contribution in [2.75, 3.05) is 5.12 Å². The number of carboxylic acids is 1. The molecule has 1 rings (SSSR count). The Labute approximate surface area is 73.1 Å². The van der Waals surface area contributed by atoms with Crippen molar-refractivity contribution in [3.8, 4) is 0 Å². The molecule has 0 atom stereocenters. The maximum atomic E-state index is 12.9. The number of benzene rings is 1. The summed E-state index contributed by atoms with van der Waals surface area (Å²) in [5.41, 5.74) is -0.102. The number of nitrogens with zero attached hydrogens (tertiary/aromatic N) is 1. The van der Waals surface area contributed by atoms with Gasteiger partial charge in [-0.3, -0.25) is 4.79 Å². The molecule has 0 spiro atoms. The zero-order chi connectivity index (χ0) is 9.84. The average molecular weight is 183 g/mol. The van der Waals surface area contributed by atoms with Crippen LogP contribution in [0.3, 0.4) is 0 Å². The van der Waals surface area contributed by atoms with E-state index in [2.05, 4.69) is 0 Å². The summed E-state index contributed by atoms with van der Waals surface area (Å²) in [5.74, 6) is -3.43. The minimum Gasteiger partial charge on any atom is -0.474 e. The summed E-state index contributed by atoms with van der Waals surface area (Å²) in [5, 5.41) is 7.77. The van der Waals surface area contributed by atoms with Crippen LogP contribution in [0.25, 0.3) is 0 Å². The third-order valence-corrected chi connectivity index (χ3v) is 1.34. The summed E-state index contributed by atoms with van der Waals surface area (Å²) < 4.78 is 12.9. The second-order valence-corrected chi connectivity index (χ2v) is 2.23. The van der Waals surface area contributed by atoms with Crippen LogP contribution >= 0.6 is 0 Å². The van der Waals surface area contributed by atoms with Crippen LogP contribution in [0, 0.1) is 0 Å². The molecule has 0 fully saturated rings. The number of amides is 1. The van der Waals surface area contributed by atoms with E-state index in [0.717, 1.165) is 0 Å². The molecular weight excluding hydrogens is 177 g/mol. The van der Waals surface area contributed by atoms with Crippen molar-refractivity contribution in [2.24, 2.45) is 0 Å². The first-order valence-electron chi connectivity index (χ1n) is 3.41. The first-order valence-corrected chi connectivity index (χ1v) is 3.41. The molecule has 1 aromatic rings. The minimum absolute atomic E-state index is 0.102. The number of para-hydroxylation sites is 1. The van der Waals surface area contributed by atoms with Crippen LogP contribution in [-0.2, 0) is 9.59 Å². The maximum absolute atomic E-state index is 12.9. The Morgan fingerprint density at radius 3 is 2.23 bits per heavy atom. The van der Waals surface area contributed by atoms with E-state index in [9.17, 15) is 14.1 Å². The molecule has 0 saturated carbocycles. The van der Waals surface area contributed by atoms with Crippen LogP contribution < -0.4 is 5.12 Å². The van der Waals surface area contributed by atoms with Crippen LogP contribution in [0.4, 0.5) is 10.2 Å². The fourth-order valence-corrected chi connectivity index (χ4v) is 0.760. The van der Waals surface area contributed by atoms with Crippen LogP contribution in [0.15, 0.2) is 30.3 Å². The molecule has 0 heterocycles. The SMILES string of the molecule is O=C(O)C(=O)N(F)c1ccccc1. The van der Waals surface area contributed by atoms with Gasteiger partial charge in [0, 0.05) is 0 Å². The molecule has 0 saturated heterocycles. The highest BCUT2D eigenvalue weighted by Gasteiger charge is 2.21. The minimum atomic E-state index is -1.83. The Morgan fingerprint density at radius 2 is 1.77 bits per heavy atom. The number of hydrogen-bond acceptors (Lipinski definition) is 2. The van der Waals surface area contributed by atoms with Gasteiger partial charge >= 0.3 is 11.9 Å². The van der Waals surface area contributed by atoms with Gasteiger partial charge in [0.2, 0.25) is 0 Å². The Bertz CT molecular complexity index is 325. The number of aliphatic carboxylic acids is 1. The van der Waals surface area contributed by atoms with Crippen LogP contribution in [0.5, 0.6) is 0 Å². The first kappa shape index (κ1) is 9.18. The van der Waals surface area contributed by atoms with Gasteiger partial charge in [0.1, 0.15) is 0 Å². The van der Waals surface area contributed by atoms with Gasteiger partial charge in [-0.1, -0.05) is 22.7 Å². The molecule has 68 valence electrons. The number of halogens is 1. The van der Waals surface area contributed by atoms with Gasteiger partial charge < -0.3 is 5.11 Å². The molecule has 1 amide bonds. The zero-order valence-corrected chi connectivity index (χ0v) is 6.48. The Balaban J connectivity index is 2.86. The predicted molar refractivity (Wildman–Crippen MR) is 42.7 cm³/mol. The molecule has 0 bridgehead atoms. The van der Waals surface area contributed by atoms with Crippen molar-refractivity contribution in [1.82, 2.24) is 0 Å². The fraction of sp³-hybridized carbons (Fsp3) is 0. The van der Waals surface area contributed by atoms with E-state index < -0.39 is 17.0 Å². The van der Waals surface area contributed by atoms with Crippen LogP contribution in [0.1, 0.15) is 0 Å². The summed E-state index contributed by atoms with van der Waals surface area (Å²) in [6.07, 6.45) is 0. The lowest BCUT2D eigenvalue weighted by Crippen LogP contribution is -2.29. The van der Waals surface area contributed by atoms with Crippen molar-refractivity contribution in [3.05, 3.63) is 30.3 Å². The summed E-state index contributed by atoms with van der Waals surface area (Å²) in [6.45, 7) is 0. The third kappa shape index (κ3) is 2.02. The highest BCUT2D eigenvalue weighted by molar-refractivity contribution is 6.36. The third-order valence-electron chi connectivity index (χ3n) is 1.34. The van der Waals surface area contributed by atoms with E-state index in [-0.39, 0.29) is 5.69 Å². The van der Waals surface area contributed by atoms with Crippen molar-refractivity contribution in [3.63, 3.8) is 0 Å². The highest BCUT2D eigenvalue weighted by atomic mass is 19.2. The van der Waals surface area contributed by atoms with Crippen LogP contribution in [-0.4, -0.2) is 17.0 Å². The van der Waals surface area contributed by atoms with Crippen molar-refractivity contribution < 1.29 is 19.2 Å². The van der Waals surface area contributed by atoms with E-state index in [0.29, 0.717) is 0 Å². The molecule has 4 nitrogen and oxygen atoms in total. The van der Waals surface area contributed by atoms with Gasteiger partial charge in [0.05, 0.1) is 5.69 Å². The lowest BCUT2D eigenvalue weighted by molar-refractivity contribution is -0.150. The van der Waals surface area contributed by atoms with E-state index in [1.165, 1.54) is 24.3 Å². The molecule has 5 heteroatoms. The fourth-order valence-electron chi connectivity index (χ4n) is 0.760. The van der Waals surface area contributed by atoms with Gasteiger partial charge in [0.25, 0.3) is 0 Å². The normalized spacial score (nSPS) is 9.31.